The number of aliphatic hydroxyl groups excluding tert-OH is 2. The molecule has 0 heterocycles. The summed E-state index contributed by atoms with van der Waals surface area (Å²) in [6.07, 6.45) is 10.8. The van der Waals surface area contributed by atoms with E-state index in [0.29, 0.717) is 48.5 Å². The Morgan fingerprint density at radius 1 is 0.860 bits per heavy atom. The maximum Gasteiger partial charge on any atom is 0.220 e. The van der Waals surface area contributed by atoms with Gasteiger partial charge >= 0.3 is 0 Å². The van der Waals surface area contributed by atoms with Gasteiger partial charge < -0.3 is 15.5 Å². The zero-order valence-electron chi connectivity index (χ0n) is 26.8. The second-order valence-electron chi connectivity index (χ2n) is 15.4. The van der Waals surface area contributed by atoms with E-state index in [0.717, 1.165) is 38.5 Å². The molecule has 0 bridgehead atoms. The SMILES string of the molecule is CC(CCC(=O)NCCC(c1ccccc1)c1ccccc1)C1CCC2C3CCC4CC(O)CCC4(C)C3CC(O)C12C. The van der Waals surface area contributed by atoms with Crippen molar-refractivity contribution in [3.05, 3.63) is 71.8 Å². The fourth-order valence-corrected chi connectivity index (χ4v) is 11.1. The van der Waals surface area contributed by atoms with Gasteiger partial charge in [-0.15, -0.1) is 0 Å². The van der Waals surface area contributed by atoms with Crippen LogP contribution in [0.5, 0.6) is 0 Å². The minimum atomic E-state index is -0.266. The van der Waals surface area contributed by atoms with Crippen molar-refractivity contribution in [3.8, 4) is 0 Å². The molecule has 6 rings (SSSR count). The number of nitrogens with one attached hydrogen (secondary N) is 1. The molecule has 43 heavy (non-hydrogen) atoms. The van der Waals surface area contributed by atoms with Gasteiger partial charge in [-0.2, -0.15) is 0 Å². The van der Waals surface area contributed by atoms with E-state index in [1.165, 1.54) is 36.8 Å². The van der Waals surface area contributed by atoms with Gasteiger partial charge in [0, 0.05) is 18.9 Å². The Kier molecular flexibility index (Phi) is 9.09. The topological polar surface area (TPSA) is 69.6 Å². The van der Waals surface area contributed by atoms with E-state index in [-0.39, 0.29) is 34.9 Å². The zero-order chi connectivity index (χ0) is 30.2. The van der Waals surface area contributed by atoms with Crippen LogP contribution in [0.2, 0.25) is 0 Å². The average Bonchev–Trinajstić information content (AvgIpc) is 3.38. The Balaban J connectivity index is 1.04. The summed E-state index contributed by atoms with van der Waals surface area (Å²) < 4.78 is 0. The van der Waals surface area contributed by atoms with E-state index in [4.69, 9.17) is 0 Å². The smallest absolute Gasteiger partial charge is 0.220 e. The van der Waals surface area contributed by atoms with Gasteiger partial charge in [-0.1, -0.05) is 81.4 Å². The second kappa shape index (κ2) is 12.7. The summed E-state index contributed by atoms with van der Waals surface area (Å²) in [5, 5.41) is 25.5. The van der Waals surface area contributed by atoms with Crippen molar-refractivity contribution < 1.29 is 15.0 Å². The van der Waals surface area contributed by atoms with Gasteiger partial charge in [0.25, 0.3) is 0 Å². The van der Waals surface area contributed by atoms with Crippen LogP contribution in [0.3, 0.4) is 0 Å². The molecule has 234 valence electrons. The molecule has 4 aliphatic rings. The number of amides is 1. The van der Waals surface area contributed by atoms with Crippen molar-refractivity contribution >= 4 is 5.91 Å². The second-order valence-corrected chi connectivity index (χ2v) is 15.4. The van der Waals surface area contributed by atoms with Gasteiger partial charge in [0.2, 0.25) is 5.91 Å². The lowest BCUT2D eigenvalue weighted by Gasteiger charge is -2.62. The molecule has 2 aromatic rings. The van der Waals surface area contributed by atoms with E-state index in [2.05, 4.69) is 86.8 Å². The summed E-state index contributed by atoms with van der Waals surface area (Å²) >= 11 is 0. The molecule has 4 aliphatic carbocycles. The van der Waals surface area contributed by atoms with Crippen molar-refractivity contribution in [2.24, 2.45) is 46.3 Å². The summed E-state index contributed by atoms with van der Waals surface area (Å²) in [4.78, 5) is 13.0. The van der Waals surface area contributed by atoms with E-state index < -0.39 is 0 Å². The van der Waals surface area contributed by atoms with Gasteiger partial charge in [0.1, 0.15) is 0 Å². The minimum absolute atomic E-state index is 0.0486. The molecule has 10 atom stereocenters. The van der Waals surface area contributed by atoms with E-state index in [9.17, 15) is 15.0 Å². The highest BCUT2D eigenvalue weighted by Crippen LogP contribution is 2.68. The molecule has 2 aromatic carbocycles. The number of rotatable bonds is 9. The lowest BCUT2D eigenvalue weighted by molar-refractivity contribution is -0.174. The van der Waals surface area contributed by atoms with E-state index >= 15 is 0 Å². The number of carbonyl (C=O) groups is 1. The highest BCUT2D eigenvalue weighted by molar-refractivity contribution is 5.75. The summed E-state index contributed by atoms with van der Waals surface area (Å²) in [5.74, 6) is 3.80. The summed E-state index contributed by atoms with van der Waals surface area (Å²) in [6.45, 7) is 7.90. The van der Waals surface area contributed by atoms with Crippen molar-refractivity contribution in [1.82, 2.24) is 5.32 Å². The van der Waals surface area contributed by atoms with Crippen LogP contribution >= 0.6 is 0 Å². The monoisotopic (exact) mass is 585 g/mol. The fourth-order valence-electron chi connectivity index (χ4n) is 11.1. The van der Waals surface area contributed by atoms with Crippen LogP contribution in [-0.4, -0.2) is 34.9 Å². The van der Waals surface area contributed by atoms with Crippen molar-refractivity contribution in [2.75, 3.05) is 6.54 Å². The zero-order valence-corrected chi connectivity index (χ0v) is 26.8. The lowest BCUT2D eigenvalue weighted by atomic mass is 9.43. The first-order valence-electron chi connectivity index (χ1n) is 17.4. The summed E-state index contributed by atoms with van der Waals surface area (Å²) in [6, 6.07) is 21.2. The molecule has 4 nitrogen and oxygen atoms in total. The van der Waals surface area contributed by atoms with Crippen LogP contribution in [0.15, 0.2) is 60.7 Å². The highest BCUT2D eigenvalue weighted by Gasteiger charge is 2.63. The predicted molar refractivity (Wildman–Crippen MR) is 173 cm³/mol. The minimum Gasteiger partial charge on any atom is -0.393 e. The maximum atomic E-state index is 13.0. The Morgan fingerprint density at radius 2 is 1.53 bits per heavy atom. The normalized spacial score (nSPS) is 37.7. The van der Waals surface area contributed by atoms with Crippen molar-refractivity contribution in [3.63, 3.8) is 0 Å². The number of benzene rings is 2. The van der Waals surface area contributed by atoms with Crippen molar-refractivity contribution in [1.29, 1.82) is 0 Å². The number of fused-ring (bicyclic) bond motifs is 5. The first-order valence-corrected chi connectivity index (χ1v) is 17.4. The molecular weight excluding hydrogens is 530 g/mol. The molecule has 0 aliphatic heterocycles. The van der Waals surface area contributed by atoms with E-state index in [1.54, 1.807) is 0 Å². The maximum absolute atomic E-state index is 13.0. The van der Waals surface area contributed by atoms with Crippen LogP contribution < -0.4 is 5.32 Å². The molecule has 4 fully saturated rings. The highest BCUT2D eigenvalue weighted by atomic mass is 16.3. The number of hydrogen-bond donors (Lipinski definition) is 3. The molecule has 0 radical (unpaired) electrons. The summed E-state index contributed by atoms with van der Waals surface area (Å²) in [5.41, 5.74) is 2.80. The van der Waals surface area contributed by atoms with Gasteiger partial charge in [-0.3, -0.25) is 4.79 Å². The van der Waals surface area contributed by atoms with Crippen LogP contribution in [0, 0.1) is 46.3 Å². The Bertz CT molecular complexity index is 1180. The molecule has 4 heteroatoms. The third kappa shape index (κ3) is 5.84. The molecule has 0 saturated heterocycles. The molecule has 4 saturated carbocycles. The Morgan fingerprint density at radius 3 is 2.21 bits per heavy atom. The number of carbonyl (C=O) groups excluding carboxylic acids is 1. The molecule has 0 spiro atoms. The largest absolute Gasteiger partial charge is 0.393 e. The number of aliphatic hydroxyl groups is 2. The van der Waals surface area contributed by atoms with Crippen LogP contribution in [0.25, 0.3) is 0 Å². The average molecular weight is 586 g/mol. The Hall–Kier alpha value is -2.17. The third-order valence-corrected chi connectivity index (χ3v) is 13.5. The third-order valence-electron chi connectivity index (χ3n) is 13.5. The molecule has 0 aromatic heterocycles. The van der Waals surface area contributed by atoms with Crippen LogP contribution in [-0.2, 0) is 4.79 Å². The van der Waals surface area contributed by atoms with Crippen LogP contribution in [0.1, 0.15) is 108 Å². The van der Waals surface area contributed by atoms with E-state index in [1.807, 2.05) is 0 Å². The molecular formula is C39H55NO3. The summed E-state index contributed by atoms with van der Waals surface area (Å²) in [7, 11) is 0. The fraction of sp³-hybridized carbons (Fsp3) is 0.667. The predicted octanol–water partition coefficient (Wildman–Crippen LogP) is 7.73. The molecule has 10 unspecified atom stereocenters. The van der Waals surface area contributed by atoms with Crippen LogP contribution in [0.4, 0.5) is 0 Å². The first-order chi connectivity index (χ1) is 20.7. The first kappa shape index (κ1) is 30.8. The molecule has 3 N–H and O–H groups in total. The van der Waals surface area contributed by atoms with Gasteiger partial charge in [0.15, 0.2) is 0 Å². The molecule has 1 amide bonds. The quantitative estimate of drug-likeness (QED) is 0.282. The standard InChI is InChI=1S/C39H55NO3/c1-26(14-19-37(43)40-23-21-31(27-10-6-4-7-11-27)28-12-8-5-9-13-28)33-17-18-34-32-16-15-29-24-30(41)20-22-38(29,2)35(32)25-36(42)39(33,34)3/h4-13,26,29-36,41-42H,14-25H2,1-3H3,(H,40,43). The number of hydrogen-bond acceptors (Lipinski definition) is 3. The van der Waals surface area contributed by atoms with Crippen molar-refractivity contribution in [2.45, 2.75) is 110 Å². The van der Waals surface area contributed by atoms with Gasteiger partial charge in [-0.25, -0.2) is 0 Å². The Labute approximate surface area is 260 Å². The van der Waals surface area contributed by atoms with Gasteiger partial charge in [0.05, 0.1) is 12.2 Å². The van der Waals surface area contributed by atoms with Gasteiger partial charge in [-0.05, 0) is 122 Å². The lowest BCUT2D eigenvalue weighted by Crippen LogP contribution is -2.58.